The Bertz CT molecular complexity index is 640. The van der Waals surface area contributed by atoms with Gasteiger partial charge in [-0.3, -0.25) is 4.79 Å². The van der Waals surface area contributed by atoms with Crippen LogP contribution in [0.5, 0.6) is 0 Å². The lowest BCUT2D eigenvalue weighted by atomic mass is 10.1. The molecule has 2 N–H and O–H groups in total. The summed E-state index contributed by atoms with van der Waals surface area (Å²) >= 11 is 6.07. The Hall–Kier alpha value is -2.00. The Kier molecular flexibility index (Phi) is 4.30. The van der Waals surface area contributed by atoms with Crippen LogP contribution in [0.15, 0.2) is 42.5 Å². The number of carbonyl (C=O) groups is 1. The topological polar surface area (TPSA) is 46.3 Å². The zero-order valence-corrected chi connectivity index (χ0v) is 12.3. The number of halogens is 1. The smallest absolute Gasteiger partial charge is 0.255 e. The number of rotatable bonds is 3. The minimum Gasteiger partial charge on any atom is -0.399 e. The highest BCUT2D eigenvalue weighted by Crippen LogP contribution is 2.21. The van der Waals surface area contributed by atoms with E-state index in [-0.39, 0.29) is 5.91 Å². The fourth-order valence-electron chi connectivity index (χ4n) is 2.03. The van der Waals surface area contributed by atoms with Crippen LogP contribution in [0.4, 0.5) is 5.69 Å². The Labute approximate surface area is 124 Å². The van der Waals surface area contributed by atoms with Crippen molar-refractivity contribution in [2.45, 2.75) is 13.5 Å². The second-order valence-electron chi connectivity index (χ2n) is 4.83. The molecule has 104 valence electrons. The third-order valence-corrected chi connectivity index (χ3v) is 3.57. The third-order valence-electron chi connectivity index (χ3n) is 3.24. The minimum atomic E-state index is -0.134. The summed E-state index contributed by atoms with van der Waals surface area (Å²) in [7, 11) is 1.76. The number of benzene rings is 2. The molecule has 0 bridgehead atoms. The number of anilines is 1. The summed E-state index contributed by atoms with van der Waals surface area (Å²) in [6.07, 6.45) is 0. The quantitative estimate of drug-likeness (QED) is 0.879. The van der Waals surface area contributed by atoms with E-state index in [2.05, 4.69) is 0 Å². The highest BCUT2D eigenvalue weighted by Gasteiger charge is 2.16. The molecule has 0 atom stereocenters. The maximum atomic E-state index is 12.4. The SMILES string of the molecule is Cc1ccccc1CN(C)C(=O)c1cc(N)ccc1Cl. The van der Waals surface area contributed by atoms with E-state index in [9.17, 15) is 4.79 Å². The summed E-state index contributed by atoms with van der Waals surface area (Å²) in [6, 6.07) is 12.9. The Morgan fingerprint density at radius 2 is 1.95 bits per heavy atom. The first-order valence-electron chi connectivity index (χ1n) is 6.34. The van der Waals surface area contributed by atoms with Gasteiger partial charge in [0.15, 0.2) is 0 Å². The lowest BCUT2D eigenvalue weighted by molar-refractivity contribution is 0.0785. The molecule has 0 aliphatic carbocycles. The molecule has 0 aliphatic heterocycles. The third kappa shape index (κ3) is 3.11. The molecule has 1 amide bonds. The molecule has 0 fully saturated rings. The molecule has 2 rings (SSSR count). The van der Waals surface area contributed by atoms with Crippen molar-refractivity contribution in [3.05, 3.63) is 64.2 Å². The molecule has 0 saturated carbocycles. The summed E-state index contributed by atoms with van der Waals surface area (Å²) in [5, 5.41) is 0.417. The van der Waals surface area contributed by atoms with E-state index in [1.54, 1.807) is 30.1 Å². The highest BCUT2D eigenvalue weighted by atomic mass is 35.5. The first kappa shape index (κ1) is 14.4. The van der Waals surface area contributed by atoms with Crippen molar-refractivity contribution in [3.8, 4) is 0 Å². The van der Waals surface area contributed by atoms with E-state index >= 15 is 0 Å². The van der Waals surface area contributed by atoms with Gasteiger partial charge in [-0.05, 0) is 36.2 Å². The van der Waals surface area contributed by atoms with E-state index in [1.807, 2.05) is 31.2 Å². The molecule has 0 aromatic heterocycles. The van der Waals surface area contributed by atoms with Gasteiger partial charge in [0.1, 0.15) is 0 Å². The number of nitrogens with two attached hydrogens (primary N) is 1. The number of amides is 1. The van der Waals surface area contributed by atoms with Gasteiger partial charge in [-0.25, -0.2) is 0 Å². The molecule has 0 spiro atoms. The monoisotopic (exact) mass is 288 g/mol. The molecule has 0 radical (unpaired) electrons. The van der Waals surface area contributed by atoms with Crippen LogP contribution < -0.4 is 5.73 Å². The van der Waals surface area contributed by atoms with Crippen LogP contribution in [0.2, 0.25) is 5.02 Å². The van der Waals surface area contributed by atoms with E-state index in [1.165, 1.54) is 0 Å². The lowest BCUT2D eigenvalue weighted by Crippen LogP contribution is -2.26. The molecule has 0 saturated heterocycles. The number of hydrogen-bond donors (Lipinski definition) is 1. The number of aryl methyl sites for hydroxylation is 1. The lowest BCUT2D eigenvalue weighted by Gasteiger charge is -2.19. The number of carbonyl (C=O) groups excluding carboxylic acids is 1. The van der Waals surface area contributed by atoms with Crippen LogP contribution in [0.1, 0.15) is 21.5 Å². The Balaban J connectivity index is 2.21. The molecule has 2 aromatic rings. The number of nitrogen functional groups attached to an aromatic ring is 1. The largest absolute Gasteiger partial charge is 0.399 e. The van der Waals surface area contributed by atoms with Gasteiger partial charge in [-0.15, -0.1) is 0 Å². The van der Waals surface area contributed by atoms with Gasteiger partial charge in [0.2, 0.25) is 0 Å². The molecule has 4 heteroatoms. The first-order chi connectivity index (χ1) is 9.49. The van der Waals surface area contributed by atoms with Gasteiger partial charge in [0.25, 0.3) is 5.91 Å². The molecule has 0 aliphatic rings. The van der Waals surface area contributed by atoms with Gasteiger partial charge in [0.05, 0.1) is 10.6 Å². The van der Waals surface area contributed by atoms with Gasteiger partial charge in [0, 0.05) is 19.3 Å². The zero-order valence-electron chi connectivity index (χ0n) is 11.6. The van der Waals surface area contributed by atoms with Crippen LogP contribution >= 0.6 is 11.6 Å². The van der Waals surface area contributed by atoms with Crippen LogP contribution in [-0.4, -0.2) is 17.9 Å². The van der Waals surface area contributed by atoms with Gasteiger partial charge < -0.3 is 10.6 Å². The van der Waals surface area contributed by atoms with Crippen molar-refractivity contribution in [2.24, 2.45) is 0 Å². The van der Waals surface area contributed by atoms with Crippen molar-refractivity contribution in [1.29, 1.82) is 0 Å². The van der Waals surface area contributed by atoms with Gasteiger partial charge >= 0.3 is 0 Å². The summed E-state index contributed by atoms with van der Waals surface area (Å²) in [5.41, 5.74) is 8.95. The molecule has 3 nitrogen and oxygen atoms in total. The average molecular weight is 289 g/mol. The minimum absolute atomic E-state index is 0.134. The van der Waals surface area contributed by atoms with Gasteiger partial charge in [-0.1, -0.05) is 35.9 Å². The van der Waals surface area contributed by atoms with Crippen LogP contribution in [-0.2, 0) is 6.54 Å². The van der Waals surface area contributed by atoms with E-state index in [0.29, 0.717) is 22.8 Å². The fraction of sp³-hybridized carbons (Fsp3) is 0.188. The molecule has 0 heterocycles. The van der Waals surface area contributed by atoms with E-state index in [4.69, 9.17) is 17.3 Å². The van der Waals surface area contributed by atoms with Crippen LogP contribution in [0.25, 0.3) is 0 Å². The van der Waals surface area contributed by atoms with Crippen molar-refractivity contribution < 1.29 is 4.79 Å². The second kappa shape index (κ2) is 5.97. The summed E-state index contributed by atoms with van der Waals surface area (Å²) in [5.74, 6) is -0.134. The van der Waals surface area contributed by atoms with E-state index in [0.717, 1.165) is 11.1 Å². The van der Waals surface area contributed by atoms with Gasteiger partial charge in [-0.2, -0.15) is 0 Å². The molecular formula is C16H17ClN2O. The molecule has 2 aromatic carbocycles. The normalized spacial score (nSPS) is 10.3. The van der Waals surface area contributed by atoms with Crippen molar-refractivity contribution in [1.82, 2.24) is 4.90 Å². The first-order valence-corrected chi connectivity index (χ1v) is 6.72. The number of nitrogens with zero attached hydrogens (tertiary/aromatic N) is 1. The second-order valence-corrected chi connectivity index (χ2v) is 5.23. The predicted octanol–water partition coefficient (Wildman–Crippen LogP) is 3.50. The molecule has 0 unspecified atom stereocenters. The average Bonchev–Trinajstić information content (AvgIpc) is 2.43. The summed E-state index contributed by atoms with van der Waals surface area (Å²) < 4.78 is 0. The van der Waals surface area contributed by atoms with Crippen LogP contribution in [0.3, 0.4) is 0 Å². The Morgan fingerprint density at radius 3 is 2.65 bits per heavy atom. The van der Waals surface area contributed by atoms with Crippen molar-refractivity contribution in [2.75, 3.05) is 12.8 Å². The highest BCUT2D eigenvalue weighted by molar-refractivity contribution is 6.33. The molecule has 20 heavy (non-hydrogen) atoms. The summed E-state index contributed by atoms with van der Waals surface area (Å²) in [4.78, 5) is 14.1. The number of hydrogen-bond acceptors (Lipinski definition) is 2. The van der Waals surface area contributed by atoms with Crippen molar-refractivity contribution >= 4 is 23.2 Å². The van der Waals surface area contributed by atoms with Crippen LogP contribution in [0, 0.1) is 6.92 Å². The maximum absolute atomic E-state index is 12.4. The standard InChI is InChI=1S/C16H17ClN2O/c1-11-5-3-4-6-12(11)10-19(2)16(20)14-9-13(18)7-8-15(14)17/h3-9H,10,18H2,1-2H3. The Morgan fingerprint density at radius 1 is 1.25 bits per heavy atom. The summed E-state index contributed by atoms with van der Waals surface area (Å²) in [6.45, 7) is 2.57. The zero-order chi connectivity index (χ0) is 14.7. The maximum Gasteiger partial charge on any atom is 0.255 e. The van der Waals surface area contributed by atoms with Crippen molar-refractivity contribution in [3.63, 3.8) is 0 Å². The predicted molar refractivity (Wildman–Crippen MR) is 82.8 cm³/mol. The fourth-order valence-corrected chi connectivity index (χ4v) is 2.23. The molecular weight excluding hydrogens is 272 g/mol. The van der Waals surface area contributed by atoms with E-state index < -0.39 is 0 Å².